The fraction of sp³-hybridized carbons (Fsp3) is 0.0625. The maximum Gasteiger partial charge on any atom is 0.342 e. The Kier molecular flexibility index (Phi) is 3.57. The number of nitrogens with two attached hydrogens (primary N) is 1. The van der Waals surface area contributed by atoms with Crippen LogP contribution in [0, 0.1) is 0 Å². The Balaban J connectivity index is 1.79. The second kappa shape index (κ2) is 5.69. The second-order valence-electron chi connectivity index (χ2n) is 4.64. The van der Waals surface area contributed by atoms with Crippen LogP contribution in [0.25, 0.3) is 10.9 Å². The molecule has 0 saturated heterocycles. The first-order chi connectivity index (χ1) is 10.6. The molecule has 0 aliphatic heterocycles. The molecule has 0 radical (unpaired) electrons. The van der Waals surface area contributed by atoms with Crippen molar-refractivity contribution in [3.63, 3.8) is 0 Å². The van der Waals surface area contributed by atoms with E-state index in [9.17, 15) is 9.90 Å². The summed E-state index contributed by atoms with van der Waals surface area (Å²) in [5, 5.41) is 10.4. The van der Waals surface area contributed by atoms with E-state index < -0.39 is 5.97 Å². The van der Waals surface area contributed by atoms with E-state index in [2.05, 4.69) is 9.97 Å². The molecule has 2 aromatic carbocycles. The Morgan fingerprint density at radius 2 is 1.82 bits per heavy atom. The maximum atomic E-state index is 11.9. The molecule has 3 N–H and O–H groups in total. The molecule has 6 heteroatoms. The number of carbonyl (C=O) groups excluding carboxylic acids is 1. The van der Waals surface area contributed by atoms with Crippen LogP contribution < -0.4 is 5.73 Å². The van der Waals surface area contributed by atoms with Crippen LogP contribution in [0.1, 0.15) is 16.2 Å². The van der Waals surface area contributed by atoms with Crippen LogP contribution in [-0.2, 0) is 11.3 Å². The minimum absolute atomic E-state index is 0.0938. The summed E-state index contributed by atoms with van der Waals surface area (Å²) < 4.78 is 5.12. The minimum atomic E-state index is -0.645. The summed E-state index contributed by atoms with van der Waals surface area (Å²) in [7, 11) is 0. The van der Waals surface area contributed by atoms with Crippen molar-refractivity contribution in [2.75, 3.05) is 5.73 Å². The highest BCUT2D eigenvalue weighted by Gasteiger charge is 2.13. The van der Waals surface area contributed by atoms with Crippen LogP contribution >= 0.6 is 0 Å². The fourth-order valence-corrected chi connectivity index (χ4v) is 2.07. The Hall–Kier alpha value is -3.15. The maximum absolute atomic E-state index is 11.9. The lowest BCUT2D eigenvalue weighted by Gasteiger charge is -2.07. The number of hydrogen-bond donors (Lipinski definition) is 2. The number of fused-ring (bicyclic) bond motifs is 1. The van der Waals surface area contributed by atoms with Crippen LogP contribution in [-0.4, -0.2) is 21.0 Å². The first-order valence-electron chi connectivity index (χ1n) is 6.61. The van der Waals surface area contributed by atoms with Crippen molar-refractivity contribution in [2.24, 2.45) is 0 Å². The van der Waals surface area contributed by atoms with Gasteiger partial charge in [-0.15, -0.1) is 0 Å². The van der Waals surface area contributed by atoms with Crippen molar-refractivity contribution in [3.8, 4) is 5.75 Å². The van der Waals surface area contributed by atoms with Crippen LogP contribution in [0.5, 0.6) is 5.75 Å². The standard InChI is InChI=1S/C16H13N3O3/c17-15-10-5-1-3-7-12(10)18-14(19-15)9-22-16(21)11-6-2-4-8-13(11)20/h1-8,20H,9H2,(H2,17,18,19). The molecular formula is C16H13N3O3. The van der Waals surface area contributed by atoms with Crippen LogP contribution in [0.15, 0.2) is 48.5 Å². The van der Waals surface area contributed by atoms with Gasteiger partial charge in [0.2, 0.25) is 0 Å². The number of para-hydroxylation sites is 2. The molecule has 0 bridgehead atoms. The van der Waals surface area contributed by atoms with Crippen LogP contribution in [0.3, 0.4) is 0 Å². The minimum Gasteiger partial charge on any atom is -0.507 e. The zero-order valence-corrected chi connectivity index (χ0v) is 11.6. The molecule has 6 nitrogen and oxygen atoms in total. The highest BCUT2D eigenvalue weighted by molar-refractivity contribution is 5.92. The lowest BCUT2D eigenvalue weighted by Crippen LogP contribution is -2.09. The van der Waals surface area contributed by atoms with E-state index in [0.717, 1.165) is 5.39 Å². The molecule has 0 saturated carbocycles. The average molecular weight is 295 g/mol. The third-order valence-corrected chi connectivity index (χ3v) is 3.14. The zero-order chi connectivity index (χ0) is 15.5. The lowest BCUT2D eigenvalue weighted by atomic mass is 10.2. The average Bonchev–Trinajstić information content (AvgIpc) is 2.53. The van der Waals surface area contributed by atoms with E-state index in [-0.39, 0.29) is 17.9 Å². The topological polar surface area (TPSA) is 98.3 Å². The number of benzene rings is 2. The van der Waals surface area contributed by atoms with Crippen molar-refractivity contribution in [3.05, 3.63) is 59.9 Å². The third kappa shape index (κ3) is 2.67. The van der Waals surface area contributed by atoms with Crippen LogP contribution in [0.4, 0.5) is 5.82 Å². The number of aromatic nitrogens is 2. The van der Waals surface area contributed by atoms with Gasteiger partial charge in [-0.3, -0.25) is 0 Å². The van der Waals surface area contributed by atoms with Crippen molar-refractivity contribution in [1.82, 2.24) is 9.97 Å². The van der Waals surface area contributed by atoms with Gasteiger partial charge >= 0.3 is 5.97 Å². The SMILES string of the molecule is Nc1nc(COC(=O)c2ccccc2O)nc2ccccc12. The van der Waals surface area contributed by atoms with Gasteiger partial charge in [-0.2, -0.15) is 0 Å². The highest BCUT2D eigenvalue weighted by Crippen LogP contribution is 2.19. The number of rotatable bonds is 3. The van der Waals surface area contributed by atoms with Gasteiger partial charge < -0.3 is 15.6 Å². The highest BCUT2D eigenvalue weighted by atomic mass is 16.5. The third-order valence-electron chi connectivity index (χ3n) is 3.14. The molecule has 22 heavy (non-hydrogen) atoms. The summed E-state index contributed by atoms with van der Waals surface area (Å²) in [6, 6.07) is 13.5. The van der Waals surface area contributed by atoms with Gasteiger partial charge in [-0.25, -0.2) is 14.8 Å². The summed E-state index contributed by atoms with van der Waals surface area (Å²) in [5.74, 6) is -0.140. The van der Waals surface area contributed by atoms with Crippen molar-refractivity contribution >= 4 is 22.7 Å². The Labute approximate surface area is 126 Å². The molecule has 0 unspecified atom stereocenters. The first kappa shape index (κ1) is 13.8. The van der Waals surface area contributed by atoms with E-state index in [4.69, 9.17) is 10.5 Å². The smallest absolute Gasteiger partial charge is 0.342 e. The summed E-state index contributed by atoms with van der Waals surface area (Å²) in [6.45, 7) is -0.123. The molecule has 1 aromatic heterocycles. The number of nitrogen functional groups attached to an aromatic ring is 1. The van der Waals surface area contributed by atoms with Gasteiger partial charge in [-0.1, -0.05) is 24.3 Å². The summed E-state index contributed by atoms with van der Waals surface area (Å²) >= 11 is 0. The molecule has 0 amide bonds. The van der Waals surface area contributed by atoms with Gasteiger partial charge in [-0.05, 0) is 24.3 Å². The largest absolute Gasteiger partial charge is 0.507 e. The first-order valence-corrected chi connectivity index (χ1v) is 6.61. The van der Waals surface area contributed by atoms with Gasteiger partial charge in [0.05, 0.1) is 5.52 Å². The molecule has 1 heterocycles. The Morgan fingerprint density at radius 1 is 1.09 bits per heavy atom. The number of phenols is 1. The Morgan fingerprint density at radius 3 is 2.64 bits per heavy atom. The molecule has 3 aromatic rings. The fourth-order valence-electron chi connectivity index (χ4n) is 2.07. The number of phenolic OH excluding ortho intramolecular Hbond substituents is 1. The normalized spacial score (nSPS) is 10.5. The van der Waals surface area contributed by atoms with E-state index in [1.807, 2.05) is 24.3 Å². The van der Waals surface area contributed by atoms with Gasteiger partial charge in [0, 0.05) is 5.39 Å². The van der Waals surface area contributed by atoms with Crippen molar-refractivity contribution < 1.29 is 14.6 Å². The number of hydrogen-bond acceptors (Lipinski definition) is 6. The molecule has 110 valence electrons. The summed E-state index contributed by atoms with van der Waals surface area (Å²) in [6.07, 6.45) is 0. The number of aromatic hydroxyl groups is 1. The molecule has 3 rings (SSSR count). The van der Waals surface area contributed by atoms with Crippen LogP contribution in [0.2, 0.25) is 0 Å². The quantitative estimate of drug-likeness (QED) is 0.719. The van der Waals surface area contributed by atoms with Crippen molar-refractivity contribution in [1.29, 1.82) is 0 Å². The molecule has 0 aliphatic rings. The van der Waals surface area contributed by atoms with E-state index in [0.29, 0.717) is 17.2 Å². The second-order valence-corrected chi connectivity index (χ2v) is 4.64. The molecule has 0 aliphatic carbocycles. The van der Waals surface area contributed by atoms with Crippen molar-refractivity contribution in [2.45, 2.75) is 6.61 Å². The van der Waals surface area contributed by atoms with E-state index in [1.165, 1.54) is 12.1 Å². The van der Waals surface area contributed by atoms with E-state index >= 15 is 0 Å². The van der Waals surface area contributed by atoms with Gasteiger partial charge in [0.25, 0.3) is 0 Å². The van der Waals surface area contributed by atoms with E-state index in [1.54, 1.807) is 12.1 Å². The lowest BCUT2D eigenvalue weighted by molar-refractivity contribution is 0.0459. The monoisotopic (exact) mass is 295 g/mol. The van der Waals surface area contributed by atoms with Gasteiger partial charge in [0.15, 0.2) is 12.4 Å². The summed E-state index contributed by atoms with van der Waals surface area (Å²) in [5.41, 5.74) is 6.64. The molecule has 0 atom stereocenters. The molecule has 0 spiro atoms. The van der Waals surface area contributed by atoms with Gasteiger partial charge in [0.1, 0.15) is 17.1 Å². The predicted octanol–water partition coefficient (Wildman–Crippen LogP) is 2.27. The summed E-state index contributed by atoms with van der Waals surface area (Å²) in [4.78, 5) is 20.3. The molecular weight excluding hydrogens is 282 g/mol. The molecule has 0 fully saturated rings. The zero-order valence-electron chi connectivity index (χ0n) is 11.6. The number of anilines is 1. The number of ether oxygens (including phenoxy) is 1. The number of carbonyl (C=O) groups is 1. The predicted molar refractivity (Wildman–Crippen MR) is 81.2 cm³/mol. The number of nitrogens with zero attached hydrogens (tertiary/aromatic N) is 2. The Bertz CT molecular complexity index is 849. The number of esters is 1.